The topological polar surface area (TPSA) is 104 Å². The molecule has 0 atom stereocenters. The Kier molecular flexibility index (Phi) is 4.12. The lowest BCUT2D eigenvalue weighted by molar-refractivity contribution is 1.71. The Bertz CT molecular complexity index is 931. The van der Waals surface area contributed by atoms with E-state index in [1.165, 1.54) is 5.39 Å². The van der Waals surface area contributed by atoms with Crippen molar-refractivity contribution in [2.24, 2.45) is 0 Å². The van der Waals surface area contributed by atoms with E-state index >= 15 is 0 Å². The summed E-state index contributed by atoms with van der Waals surface area (Å²) >= 11 is 0. The monoisotopic (exact) mass is 316 g/mol. The second kappa shape index (κ2) is 6.38. The number of fused-ring (bicyclic) bond motifs is 2. The highest BCUT2D eigenvalue weighted by Gasteiger charge is 1.94. The Labute approximate surface area is 140 Å². The van der Waals surface area contributed by atoms with Crippen molar-refractivity contribution in [1.29, 1.82) is 0 Å². The molecule has 0 radical (unpaired) electrons. The molecule has 4 heteroatoms. The average molecular weight is 316 g/mol. The molecule has 0 spiro atoms. The third kappa shape index (κ3) is 3.50. The molecule has 0 bridgehead atoms. The van der Waals surface area contributed by atoms with Crippen molar-refractivity contribution in [2.75, 3.05) is 22.9 Å². The first-order chi connectivity index (χ1) is 11.5. The third-order valence-electron chi connectivity index (χ3n) is 3.78. The maximum absolute atomic E-state index is 5.63. The summed E-state index contributed by atoms with van der Waals surface area (Å²) in [6.45, 7) is 0. The van der Waals surface area contributed by atoms with Crippen LogP contribution in [-0.2, 0) is 0 Å². The van der Waals surface area contributed by atoms with Gasteiger partial charge in [0.2, 0.25) is 0 Å². The van der Waals surface area contributed by atoms with Gasteiger partial charge in [-0.05, 0) is 70.1 Å². The molecule has 4 rings (SSSR count). The van der Waals surface area contributed by atoms with E-state index in [2.05, 4.69) is 0 Å². The van der Waals surface area contributed by atoms with E-state index in [0.29, 0.717) is 0 Å². The molecule has 8 N–H and O–H groups in total. The van der Waals surface area contributed by atoms with Crippen molar-refractivity contribution in [1.82, 2.24) is 0 Å². The number of anilines is 4. The maximum atomic E-state index is 5.63. The molecule has 0 saturated heterocycles. The molecule has 24 heavy (non-hydrogen) atoms. The molecule has 0 unspecified atom stereocenters. The molecule has 0 aliphatic heterocycles. The Hall–Kier alpha value is -3.40. The highest BCUT2D eigenvalue weighted by atomic mass is 14.6. The molecule has 0 amide bonds. The van der Waals surface area contributed by atoms with Crippen molar-refractivity contribution in [3.05, 3.63) is 72.8 Å². The zero-order valence-electron chi connectivity index (χ0n) is 13.2. The predicted octanol–water partition coefficient (Wildman–Crippen LogP) is 4.01. The van der Waals surface area contributed by atoms with Crippen molar-refractivity contribution in [3.63, 3.8) is 0 Å². The van der Waals surface area contributed by atoms with Crippen LogP contribution in [0.5, 0.6) is 0 Å². The summed E-state index contributed by atoms with van der Waals surface area (Å²) in [5, 5.41) is 4.52. The van der Waals surface area contributed by atoms with Gasteiger partial charge >= 0.3 is 0 Å². The summed E-state index contributed by atoms with van der Waals surface area (Å²) in [6.07, 6.45) is 0. The van der Waals surface area contributed by atoms with Gasteiger partial charge < -0.3 is 22.9 Å². The second-order valence-corrected chi connectivity index (χ2v) is 5.73. The van der Waals surface area contributed by atoms with Gasteiger partial charge in [0, 0.05) is 22.7 Å². The van der Waals surface area contributed by atoms with Gasteiger partial charge in [-0.1, -0.05) is 24.3 Å². The van der Waals surface area contributed by atoms with Crippen molar-refractivity contribution < 1.29 is 0 Å². The number of nitrogens with two attached hydrogens (primary N) is 4. The molecule has 120 valence electrons. The Balaban J connectivity index is 0.000000141. The average Bonchev–Trinajstić information content (AvgIpc) is 2.55. The van der Waals surface area contributed by atoms with Crippen LogP contribution in [0.3, 0.4) is 0 Å². The Morgan fingerprint density at radius 3 is 1.00 bits per heavy atom. The minimum atomic E-state index is 0.771. The fourth-order valence-corrected chi connectivity index (χ4v) is 2.57. The normalized spacial score (nSPS) is 10.3. The van der Waals surface area contributed by atoms with E-state index < -0.39 is 0 Å². The van der Waals surface area contributed by atoms with Crippen LogP contribution in [0.15, 0.2) is 72.8 Å². The van der Waals surface area contributed by atoms with Gasteiger partial charge in [0.05, 0.1) is 0 Å². The minimum absolute atomic E-state index is 0.771. The number of benzene rings is 4. The number of hydrogen-bond donors (Lipinski definition) is 4. The van der Waals surface area contributed by atoms with Crippen LogP contribution in [0.2, 0.25) is 0 Å². The van der Waals surface area contributed by atoms with Gasteiger partial charge in [-0.25, -0.2) is 0 Å². The molecule has 0 saturated carbocycles. The van der Waals surface area contributed by atoms with Gasteiger partial charge in [-0.2, -0.15) is 0 Å². The van der Waals surface area contributed by atoms with E-state index in [9.17, 15) is 0 Å². The Morgan fingerprint density at radius 2 is 0.625 bits per heavy atom. The predicted molar refractivity (Wildman–Crippen MR) is 106 cm³/mol. The third-order valence-corrected chi connectivity index (χ3v) is 3.78. The van der Waals surface area contributed by atoms with Crippen LogP contribution < -0.4 is 22.9 Å². The van der Waals surface area contributed by atoms with Crippen LogP contribution in [0.4, 0.5) is 22.7 Å². The van der Waals surface area contributed by atoms with E-state index in [1.807, 2.05) is 72.8 Å². The van der Waals surface area contributed by atoms with Gasteiger partial charge in [0.15, 0.2) is 0 Å². The molecule has 0 aromatic heterocycles. The first-order valence-corrected chi connectivity index (χ1v) is 7.61. The summed E-state index contributed by atoms with van der Waals surface area (Å²) in [5.41, 5.74) is 25.6. The molecule has 0 heterocycles. The molecule has 4 aromatic carbocycles. The smallest absolute Gasteiger partial charge is 0.0320 e. The lowest BCUT2D eigenvalue weighted by Gasteiger charge is -1.99. The standard InChI is InChI=1S/2C10H10N2/c11-9-3-1-7-5-10(12)4-2-8(7)6-9;11-9-3-1-7-2-4-10(12)6-8(7)5-9/h2*1-6H,11-12H2. The van der Waals surface area contributed by atoms with Crippen molar-refractivity contribution in [3.8, 4) is 0 Å². The van der Waals surface area contributed by atoms with E-state index in [0.717, 1.165) is 38.9 Å². The van der Waals surface area contributed by atoms with E-state index in [-0.39, 0.29) is 0 Å². The van der Waals surface area contributed by atoms with Crippen LogP contribution in [0, 0.1) is 0 Å². The highest BCUT2D eigenvalue weighted by molar-refractivity contribution is 5.88. The highest BCUT2D eigenvalue weighted by Crippen LogP contribution is 2.20. The van der Waals surface area contributed by atoms with Gasteiger partial charge in [-0.15, -0.1) is 0 Å². The lowest BCUT2D eigenvalue weighted by Crippen LogP contribution is -1.86. The fourth-order valence-electron chi connectivity index (χ4n) is 2.57. The van der Waals surface area contributed by atoms with Gasteiger partial charge in [0.25, 0.3) is 0 Å². The lowest BCUT2D eigenvalue weighted by atomic mass is 10.1. The first kappa shape index (κ1) is 15.5. The second-order valence-electron chi connectivity index (χ2n) is 5.73. The number of hydrogen-bond acceptors (Lipinski definition) is 4. The first-order valence-electron chi connectivity index (χ1n) is 7.61. The zero-order valence-corrected chi connectivity index (χ0v) is 13.2. The zero-order chi connectivity index (χ0) is 17.1. The fraction of sp³-hybridized carbons (Fsp3) is 0. The molecule has 0 aliphatic rings. The summed E-state index contributed by atoms with van der Waals surface area (Å²) in [7, 11) is 0. The van der Waals surface area contributed by atoms with Crippen LogP contribution >= 0.6 is 0 Å². The number of rotatable bonds is 0. The molecular formula is C20H20N4. The largest absolute Gasteiger partial charge is 0.399 e. The van der Waals surface area contributed by atoms with Crippen LogP contribution in [0.1, 0.15) is 0 Å². The quantitative estimate of drug-likeness (QED) is 0.368. The van der Waals surface area contributed by atoms with Gasteiger partial charge in [-0.3, -0.25) is 0 Å². The molecular weight excluding hydrogens is 296 g/mol. The summed E-state index contributed by atoms with van der Waals surface area (Å²) in [5.74, 6) is 0. The van der Waals surface area contributed by atoms with Crippen LogP contribution in [-0.4, -0.2) is 0 Å². The summed E-state index contributed by atoms with van der Waals surface area (Å²) in [6, 6.07) is 23.2. The minimum Gasteiger partial charge on any atom is -0.399 e. The SMILES string of the molecule is Nc1ccc2cc(N)ccc2c1.Nc1ccc2ccc(N)cc2c1. The van der Waals surface area contributed by atoms with Gasteiger partial charge in [0.1, 0.15) is 0 Å². The Morgan fingerprint density at radius 1 is 0.333 bits per heavy atom. The van der Waals surface area contributed by atoms with Crippen LogP contribution in [0.25, 0.3) is 21.5 Å². The van der Waals surface area contributed by atoms with E-state index in [4.69, 9.17) is 22.9 Å². The summed E-state index contributed by atoms with van der Waals surface area (Å²) < 4.78 is 0. The summed E-state index contributed by atoms with van der Waals surface area (Å²) in [4.78, 5) is 0. The molecule has 4 nitrogen and oxygen atoms in total. The molecule has 0 fully saturated rings. The molecule has 4 aromatic rings. The van der Waals surface area contributed by atoms with E-state index in [1.54, 1.807) is 0 Å². The maximum Gasteiger partial charge on any atom is 0.0320 e. The number of nitrogen functional groups attached to an aromatic ring is 4. The molecule has 0 aliphatic carbocycles. The van der Waals surface area contributed by atoms with Crippen molar-refractivity contribution >= 4 is 44.3 Å². The van der Waals surface area contributed by atoms with Crippen molar-refractivity contribution in [2.45, 2.75) is 0 Å².